The molecule has 111 heavy (non-hydrogen) atoms. The summed E-state index contributed by atoms with van der Waals surface area (Å²) in [7, 11) is 0. The third-order valence-corrected chi connectivity index (χ3v) is 21.8. The van der Waals surface area contributed by atoms with Crippen LogP contribution in [0.3, 0.4) is 0 Å². The Kier molecular flexibility index (Phi) is 33.9. The molecule has 2 aliphatic rings. The number of hydrogen-bond donors (Lipinski definition) is 2. The van der Waals surface area contributed by atoms with Crippen LogP contribution in [0.4, 0.5) is 0 Å². The number of nitrogens with zero attached hydrogens (tertiary/aromatic N) is 4. The second kappa shape index (κ2) is 44.4. The van der Waals surface area contributed by atoms with Crippen molar-refractivity contribution in [1.82, 2.24) is 29.9 Å². The van der Waals surface area contributed by atoms with Crippen LogP contribution in [0.25, 0.3) is 113 Å². The van der Waals surface area contributed by atoms with Gasteiger partial charge < -0.3 is 38.9 Å². The predicted molar refractivity (Wildman–Crippen MR) is 462 cm³/mol. The van der Waals surface area contributed by atoms with E-state index in [1.807, 2.05) is 12.1 Å². The van der Waals surface area contributed by atoms with Gasteiger partial charge in [0.15, 0.2) is 0 Å². The number of benzene rings is 4. The first-order valence-corrected chi connectivity index (χ1v) is 42.4. The first-order valence-electron chi connectivity index (χ1n) is 42.4. The van der Waals surface area contributed by atoms with E-state index in [0.29, 0.717) is 60.3 Å². The number of ether oxygens (including phenoxy) is 4. The van der Waals surface area contributed by atoms with E-state index in [-0.39, 0.29) is 30.6 Å². The van der Waals surface area contributed by atoms with Gasteiger partial charge in [-0.3, -0.25) is 9.59 Å². The number of pyridine rings is 2. The van der Waals surface area contributed by atoms with Crippen molar-refractivity contribution < 1.29 is 38.4 Å². The van der Waals surface area contributed by atoms with E-state index >= 15 is 0 Å². The van der Waals surface area contributed by atoms with E-state index in [1.165, 1.54) is 154 Å². The summed E-state index contributed by atoms with van der Waals surface area (Å²) >= 11 is 0. The Balaban J connectivity index is 0.0000131. The summed E-state index contributed by atoms with van der Waals surface area (Å²) in [5.74, 6) is 3.09. The molecule has 7 heterocycles. The number of aromatic amines is 2. The molecule has 0 aliphatic carbocycles. The monoisotopic (exact) mass is 1540 g/mol. The van der Waals surface area contributed by atoms with Crippen LogP contribution in [-0.4, -0.2) is 46.4 Å². The van der Waals surface area contributed by atoms with E-state index in [2.05, 4.69) is 175 Å². The summed E-state index contributed by atoms with van der Waals surface area (Å²) in [5, 5.41) is 0. The fourth-order valence-electron chi connectivity index (χ4n) is 15.9. The average molecular weight is 1550 g/mol. The van der Waals surface area contributed by atoms with Crippen molar-refractivity contribution in [2.45, 2.75) is 261 Å². The standard InChI is InChI=1S/C98H124N6O6.Zn/c1-9-13-17-21-25-29-33-37-53-107-79-57-69(5)93(70(6)58-79)97-87-45-41-83(101-87)95(77-61-75(73-49-51-99-91(105)67-73)63-81(65-77)109-55-39-35-31-27-23-19-15-11-3)85-43-47-89(103-85)98(94-71(7)59-80(60-72(94)8)108-54-38-34-30-26-22-18-14-10-2)90-48-44-86(104-90)96(84-42-46-88(97)102-84)78-62-76(74-50-52-100-92(106)68-74)64-82(66-78)110-56-40-36-32-28-24-20-16-12-4;/h41-52,57-68H,9-40,53-56H2,1-8H3,(H4,99,100,101,102,103,104,105,106);/q;+2/p-2. The topological polar surface area (TPSA) is 157 Å². The summed E-state index contributed by atoms with van der Waals surface area (Å²) in [6, 6.07) is 37.1. The maximum atomic E-state index is 13.2. The van der Waals surface area contributed by atoms with Crippen LogP contribution >= 0.6 is 0 Å². The van der Waals surface area contributed by atoms with Crippen molar-refractivity contribution in [3.05, 3.63) is 187 Å². The fraction of sp³-hybridized carbons (Fsp3) is 0.449. The van der Waals surface area contributed by atoms with Gasteiger partial charge in [-0.2, -0.15) is 0 Å². The zero-order valence-corrected chi connectivity index (χ0v) is 71.2. The van der Waals surface area contributed by atoms with Crippen LogP contribution in [-0.2, 0) is 19.5 Å². The van der Waals surface area contributed by atoms with Gasteiger partial charge in [-0.05, 0) is 239 Å². The molecule has 12 nitrogen and oxygen atoms in total. The van der Waals surface area contributed by atoms with Gasteiger partial charge in [0.2, 0.25) is 11.1 Å². The molecule has 0 amide bonds. The number of rotatable bonds is 46. The van der Waals surface area contributed by atoms with Gasteiger partial charge in [-0.1, -0.05) is 232 Å². The van der Waals surface area contributed by atoms with E-state index in [0.717, 1.165) is 174 Å². The third-order valence-electron chi connectivity index (χ3n) is 21.8. The second-order valence-corrected chi connectivity index (χ2v) is 30.9. The SMILES string of the molecule is CCCCCCCCCCOc1cc(-c2cc[nH]c(=O)c2)cc(-c2c3nc(c(-c4c(C)cc(OCCCCCCCCCC)cc4C)c4ccc([n-]4)c(-c4cc(OCCCCCCCCCC)cc(-c5cc[nH]c(=O)c5)c4)c4nc(c(-c5c(C)cc(OCCCCCCCCCC)cc5C)c5ccc2[n-]5)C=C4)C=C3)c1.[Zn+2]. The number of hydrogen-bond acceptors (Lipinski definition) is 8. The van der Waals surface area contributed by atoms with Gasteiger partial charge in [0, 0.05) is 24.5 Å². The van der Waals surface area contributed by atoms with Crippen LogP contribution < -0.4 is 40.0 Å². The fourth-order valence-corrected chi connectivity index (χ4v) is 15.9. The summed E-state index contributed by atoms with van der Waals surface area (Å²) in [6.07, 6.45) is 50.5. The minimum Gasteiger partial charge on any atom is -0.657 e. The molecular formula is C98H122N6O6Zn. The summed E-state index contributed by atoms with van der Waals surface area (Å²) in [6.45, 7) is 20.2. The van der Waals surface area contributed by atoms with Crippen molar-refractivity contribution in [2.24, 2.45) is 0 Å². The molecule has 0 spiro atoms. The number of nitrogens with one attached hydrogen (secondary N) is 2. The number of aryl methyl sites for hydroxylation is 4. The molecule has 13 heteroatoms. The van der Waals surface area contributed by atoms with Gasteiger partial charge >= 0.3 is 19.5 Å². The Hall–Kier alpha value is -8.80. The number of H-pyrrole nitrogens is 2. The Morgan fingerprint density at radius 1 is 0.279 bits per heavy atom. The molecule has 0 radical (unpaired) electrons. The van der Waals surface area contributed by atoms with Crippen molar-refractivity contribution in [1.29, 1.82) is 0 Å². The van der Waals surface area contributed by atoms with Gasteiger partial charge in [-0.15, -0.1) is 22.1 Å². The molecule has 0 saturated carbocycles. The van der Waals surface area contributed by atoms with Crippen molar-refractivity contribution >= 4 is 46.4 Å². The number of unbranched alkanes of at least 4 members (excludes halogenated alkanes) is 28. The van der Waals surface area contributed by atoms with E-state index < -0.39 is 0 Å². The summed E-state index contributed by atoms with van der Waals surface area (Å²) < 4.78 is 26.9. The summed E-state index contributed by atoms with van der Waals surface area (Å²) in [4.78, 5) is 55.4. The average Bonchev–Trinajstić information content (AvgIpc) is 1.66. The molecule has 0 unspecified atom stereocenters. The number of fused-ring (bicyclic) bond motifs is 8. The quantitative estimate of drug-likeness (QED) is 0.0278. The largest absolute Gasteiger partial charge is 2.00 e. The molecule has 11 rings (SSSR count). The maximum Gasteiger partial charge on any atom is 2.00 e. The first-order chi connectivity index (χ1) is 53.9. The van der Waals surface area contributed by atoms with E-state index in [1.54, 1.807) is 24.5 Å². The first kappa shape index (κ1) is 84.6. The molecule has 4 aromatic carbocycles. The minimum atomic E-state index is -0.190. The van der Waals surface area contributed by atoms with Gasteiger partial charge in [0.1, 0.15) is 23.0 Å². The molecule has 9 aromatic rings. The Morgan fingerprint density at radius 2 is 0.532 bits per heavy atom. The molecule has 8 bridgehead atoms. The van der Waals surface area contributed by atoms with Crippen LogP contribution in [0.5, 0.6) is 23.0 Å². The molecule has 5 aromatic heterocycles. The summed E-state index contributed by atoms with van der Waals surface area (Å²) in [5.41, 5.74) is 19.8. The zero-order valence-electron chi connectivity index (χ0n) is 68.3. The van der Waals surface area contributed by atoms with Gasteiger partial charge in [0.05, 0.1) is 49.2 Å². The van der Waals surface area contributed by atoms with Gasteiger partial charge in [-0.25, -0.2) is 9.97 Å². The van der Waals surface area contributed by atoms with Crippen LogP contribution in [0, 0.1) is 27.7 Å². The van der Waals surface area contributed by atoms with Crippen molar-refractivity contribution in [3.8, 4) is 89.8 Å². The molecule has 0 saturated heterocycles. The maximum absolute atomic E-state index is 13.2. The Morgan fingerprint density at radius 3 is 0.820 bits per heavy atom. The molecule has 2 N–H and O–H groups in total. The Bertz CT molecular complexity index is 4490. The smallest absolute Gasteiger partial charge is 0.657 e. The van der Waals surface area contributed by atoms with Crippen LogP contribution in [0.15, 0.2) is 131 Å². The predicted octanol–water partition coefficient (Wildman–Crippen LogP) is 26.6. The molecular weight excluding hydrogens is 1420 g/mol. The van der Waals surface area contributed by atoms with Crippen molar-refractivity contribution in [2.75, 3.05) is 26.4 Å². The zero-order chi connectivity index (χ0) is 76.8. The molecule has 0 fully saturated rings. The third kappa shape index (κ3) is 24.1. The van der Waals surface area contributed by atoms with E-state index in [4.69, 9.17) is 38.9 Å². The number of aromatic nitrogens is 6. The molecule has 2 aliphatic heterocycles. The Labute approximate surface area is 674 Å². The van der Waals surface area contributed by atoms with Crippen molar-refractivity contribution in [3.63, 3.8) is 0 Å². The van der Waals surface area contributed by atoms with Crippen LogP contribution in [0.1, 0.15) is 278 Å². The molecule has 0 atom stereocenters. The second-order valence-electron chi connectivity index (χ2n) is 30.9. The normalized spacial score (nSPS) is 11.7. The van der Waals surface area contributed by atoms with E-state index in [9.17, 15) is 9.59 Å². The van der Waals surface area contributed by atoms with Gasteiger partial charge in [0.25, 0.3) is 0 Å². The van der Waals surface area contributed by atoms with Crippen LogP contribution in [0.2, 0.25) is 0 Å². The minimum absolute atomic E-state index is 0. The molecule has 582 valence electrons.